The standard InChI is InChI=1S/C23H25NO4/c1-17-11-13-20(19(15-17)12-14-21(25)27-5)24(22(26)28-23(2,3)4)16-18-9-7-6-8-10-18/h6-11,13,15H,16H2,1-5H3. The van der Waals surface area contributed by atoms with E-state index < -0.39 is 17.7 Å². The Labute approximate surface area is 166 Å². The van der Waals surface area contributed by atoms with Crippen molar-refractivity contribution in [3.8, 4) is 11.8 Å². The predicted octanol–water partition coefficient (Wildman–Crippen LogP) is 4.46. The first-order chi connectivity index (χ1) is 13.2. The Morgan fingerprint density at radius 2 is 1.75 bits per heavy atom. The lowest BCUT2D eigenvalue weighted by atomic mass is 10.1. The van der Waals surface area contributed by atoms with Gasteiger partial charge >= 0.3 is 12.1 Å². The van der Waals surface area contributed by atoms with Gasteiger partial charge in [0.25, 0.3) is 0 Å². The van der Waals surface area contributed by atoms with Crippen molar-refractivity contribution in [1.82, 2.24) is 0 Å². The summed E-state index contributed by atoms with van der Waals surface area (Å²) in [7, 11) is 1.27. The molecule has 0 aromatic heterocycles. The summed E-state index contributed by atoms with van der Waals surface area (Å²) in [5.41, 5.74) is 2.38. The van der Waals surface area contributed by atoms with E-state index in [1.54, 1.807) is 0 Å². The van der Waals surface area contributed by atoms with Gasteiger partial charge in [-0.05, 0) is 51.0 Å². The molecule has 0 atom stereocenters. The lowest BCUT2D eigenvalue weighted by molar-refractivity contribution is -0.133. The maximum absolute atomic E-state index is 13.0. The predicted molar refractivity (Wildman–Crippen MR) is 109 cm³/mol. The van der Waals surface area contributed by atoms with Crippen molar-refractivity contribution in [2.45, 2.75) is 39.8 Å². The van der Waals surface area contributed by atoms with Crippen molar-refractivity contribution >= 4 is 17.7 Å². The van der Waals surface area contributed by atoms with Crippen molar-refractivity contribution in [3.63, 3.8) is 0 Å². The van der Waals surface area contributed by atoms with Crippen molar-refractivity contribution in [1.29, 1.82) is 0 Å². The van der Waals surface area contributed by atoms with Crippen molar-refractivity contribution in [2.75, 3.05) is 12.0 Å². The quantitative estimate of drug-likeness (QED) is 0.584. The normalized spacial score (nSPS) is 10.5. The van der Waals surface area contributed by atoms with Gasteiger partial charge in [-0.3, -0.25) is 4.90 Å². The summed E-state index contributed by atoms with van der Waals surface area (Å²) >= 11 is 0. The molecule has 0 unspecified atom stereocenters. The Morgan fingerprint density at radius 1 is 1.07 bits per heavy atom. The lowest BCUT2D eigenvalue weighted by Gasteiger charge is -2.28. The van der Waals surface area contributed by atoms with E-state index in [-0.39, 0.29) is 0 Å². The number of carbonyl (C=O) groups excluding carboxylic acids is 2. The SMILES string of the molecule is COC(=O)C#Cc1cc(C)ccc1N(Cc1ccccc1)C(=O)OC(C)(C)C. The van der Waals surface area contributed by atoms with Crippen LogP contribution in [0, 0.1) is 18.8 Å². The van der Waals surface area contributed by atoms with Crippen LogP contribution in [0.5, 0.6) is 0 Å². The fraction of sp³-hybridized carbons (Fsp3) is 0.304. The highest BCUT2D eigenvalue weighted by Gasteiger charge is 2.25. The van der Waals surface area contributed by atoms with E-state index in [0.29, 0.717) is 17.8 Å². The number of methoxy groups -OCH3 is 1. The number of hydrogen-bond acceptors (Lipinski definition) is 4. The maximum atomic E-state index is 13.0. The number of ether oxygens (including phenoxy) is 2. The number of anilines is 1. The summed E-state index contributed by atoms with van der Waals surface area (Å²) < 4.78 is 10.2. The second-order valence-corrected chi connectivity index (χ2v) is 7.31. The molecule has 0 radical (unpaired) electrons. The second kappa shape index (κ2) is 9.09. The van der Waals surface area contributed by atoms with Crippen LogP contribution in [0.4, 0.5) is 10.5 Å². The summed E-state index contributed by atoms with van der Waals surface area (Å²) in [6.07, 6.45) is -0.485. The summed E-state index contributed by atoms with van der Waals surface area (Å²) in [4.78, 5) is 26.0. The average molecular weight is 379 g/mol. The minimum absolute atomic E-state index is 0.311. The van der Waals surface area contributed by atoms with E-state index in [4.69, 9.17) is 4.74 Å². The van der Waals surface area contributed by atoms with Gasteiger partial charge in [0.2, 0.25) is 0 Å². The largest absolute Gasteiger partial charge is 0.459 e. The van der Waals surface area contributed by atoms with Crippen LogP contribution in [0.1, 0.15) is 37.5 Å². The smallest absolute Gasteiger partial charge is 0.415 e. The van der Waals surface area contributed by atoms with Crippen molar-refractivity contribution < 1.29 is 19.1 Å². The van der Waals surface area contributed by atoms with Crippen LogP contribution in [0.15, 0.2) is 48.5 Å². The topological polar surface area (TPSA) is 55.8 Å². The molecule has 0 heterocycles. The van der Waals surface area contributed by atoms with Crippen molar-refractivity contribution in [3.05, 3.63) is 65.2 Å². The van der Waals surface area contributed by atoms with Gasteiger partial charge in [-0.2, -0.15) is 0 Å². The van der Waals surface area contributed by atoms with E-state index in [1.165, 1.54) is 12.0 Å². The highest BCUT2D eigenvalue weighted by atomic mass is 16.6. The highest BCUT2D eigenvalue weighted by Crippen LogP contribution is 2.25. The van der Waals surface area contributed by atoms with Gasteiger partial charge < -0.3 is 9.47 Å². The number of esters is 1. The molecule has 5 heteroatoms. The third-order valence-corrected chi connectivity index (χ3v) is 3.72. The molecule has 28 heavy (non-hydrogen) atoms. The zero-order valence-electron chi connectivity index (χ0n) is 16.9. The van der Waals surface area contributed by atoms with Crippen LogP contribution in [0.25, 0.3) is 0 Å². The van der Waals surface area contributed by atoms with Crippen LogP contribution in [-0.4, -0.2) is 24.8 Å². The van der Waals surface area contributed by atoms with Gasteiger partial charge in [0.1, 0.15) is 5.60 Å². The summed E-state index contributed by atoms with van der Waals surface area (Å²) in [6.45, 7) is 7.68. The molecule has 146 valence electrons. The molecule has 2 aromatic carbocycles. The molecule has 0 saturated carbocycles. The molecular formula is C23H25NO4. The Kier molecular flexibility index (Phi) is 6.84. The van der Waals surface area contributed by atoms with Gasteiger partial charge in [-0.1, -0.05) is 42.3 Å². The van der Waals surface area contributed by atoms with Crippen LogP contribution < -0.4 is 4.90 Å². The first-order valence-electron chi connectivity index (χ1n) is 8.94. The fourth-order valence-corrected chi connectivity index (χ4v) is 2.49. The number of amides is 1. The molecule has 1 amide bonds. The summed E-state index contributed by atoms with van der Waals surface area (Å²) in [5.74, 6) is 4.61. The number of carbonyl (C=O) groups is 2. The monoisotopic (exact) mass is 379 g/mol. The number of aryl methyl sites for hydroxylation is 1. The number of rotatable bonds is 3. The highest BCUT2D eigenvalue weighted by molar-refractivity contribution is 5.92. The minimum Gasteiger partial charge on any atom is -0.459 e. The van der Waals surface area contributed by atoms with E-state index in [2.05, 4.69) is 16.6 Å². The van der Waals surface area contributed by atoms with E-state index in [1.807, 2.05) is 76.2 Å². The van der Waals surface area contributed by atoms with Crippen LogP contribution in [0.2, 0.25) is 0 Å². The van der Waals surface area contributed by atoms with Gasteiger partial charge in [0.15, 0.2) is 0 Å². The van der Waals surface area contributed by atoms with Crippen molar-refractivity contribution in [2.24, 2.45) is 0 Å². The Balaban J connectivity index is 2.51. The van der Waals surface area contributed by atoms with Gasteiger partial charge in [-0.25, -0.2) is 9.59 Å². The second-order valence-electron chi connectivity index (χ2n) is 7.31. The molecule has 0 aliphatic rings. The molecule has 0 spiro atoms. The number of hydrogen-bond donors (Lipinski definition) is 0. The van der Waals surface area contributed by atoms with Crippen LogP contribution in [0.3, 0.4) is 0 Å². The van der Waals surface area contributed by atoms with Gasteiger partial charge in [0, 0.05) is 11.5 Å². The first-order valence-corrected chi connectivity index (χ1v) is 8.94. The molecule has 0 N–H and O–H groups in total. The molecule has 2 rings (SSSR count). The molecule has 5 nitrogen and oxygen atoms in total. The fourth-order valence-electron chi connectivity index (χ4n) is 2.49. The minimum atomic E-state index is -0.644. The zero-order chi connectivity index (χ0) is 20.7. The molecular weight excluding hydrogens is 354 g/mol. The first kappa shape index (κ1) is 21.0. The van der Waals surface area contributed by atoms with Gasteiger partial charge in [0.05, 0.1) is 19.3 Å². The molecule has 0 bridgehead atoms. The maximum Gasteiger partial charge on any atom is 0.415 e. The molecule has 0 fully saturated rings. The van der Waals surface area contributed by atoms with Crippen LogP contribution in [-0.2, 0) is 20.8 Å². The number of nitrogens with zero attached hydrogens (tertiary/aromatic N) is 1. The third kappa shape index (κ3) is 6.17. The third-order valence-electron chi connectivity index (χ3n) is 3.72. The van der Waals surface area contributed by atoms with Crippen LogP contribution >= 0.6 is 0 Å². The molecule has 2 aromatic rings. The van der Waals surface area contributed by atoms with Gasteiger partial charge in [-0.15, -0.1) is 0 Å². The van der Waals surface area contributed by atoms with E-state index >= 15 is 0 Å². The Morgan fingerprint density at radius 3 is 2.36 bits per heavy atom. The Hall–Kier alpha value is -3.26. The lowest BCUT2D eigenvalue weighted by Crippen LogP contribution is -2.37. The molecule has 0 aliphatic heterocycles. The van der Waals surface area contributed by atoms with E-state index in [0.717, 1.165) is 11.1 Å². The molecule has 0 aliphatic carbocycles. The summed E-state index contributed by atoms with van der Waals surface area (Å²) in [5, 5.41) is 0. The Bertz CT molecular complexity index is 902. The average Bonchev–Trinajstić information content (AvgIpc) is 2.64. The number of benzene rings is 2. The zero-order valence-corrected chi connectivity index (χ0v) is 16.9. The molecule has 0 saturated heterocycles. The summed E-state index contributed by atoms with van der Waals surface area (Å²) in [6, 6.07) is 15.1. The van der Waals surface area contributed by atoms with E-state index in [9.17, 15) is 9.59 Å².